The van der Waals surface area contributed by atoms with Gasteiger partial charge in [-0.3, -0.25) is 4.79 Å². The highest BCUT2D eigenvalue weighted by atomic mass is 19.4. The molecule has 0 amide bonds. The molecule has 0 radical (unpaired) electrons. The topological polar surface area (TPSA) is 26.3 Å². The third kappa shape index (κ3) is 3.39. The molecule has 0 heterocycles. The predicted octanol–water partition coefficient (Wildman–Crippen LogP) is 2.92. The molecule has 1 fully saturated rings. The van der Waals surface area contributed by atoms with Gasteiger partial charge in [0.15, 0.2) is 0 Å². The van der Waals surface area contributed by atoms with Crippen molar-refractivity contribution in [2.75, 3.05) is 6.61 Å². The second-order valence-electron chi connectivity index (χ2n) is 3.84. The van der Waals surface area contributed by atoms with Crippen LogP contribution in [0.1, 0.15) is 32.6 Å². The fraction of sp³-hybridized carbons (Fsp3) is 0.900. The molecule has 0 spiro atoms. The van der Waals surface area contributed by atoms with Gasteiger partial charge in [-0.25, -0.2) is 0 Å². The van der Waals surface area contributed by atoms with Crippen LogP contribution < -0.4 is 0 Å². The molecule has 0 bridgehead atoms. The van der Waals surface area contributed by atoms with E-state index in [1.54, 1.807) is 6.92 Å². The number of ether oxygens (including phenoxy) is 1. The highest BCUT2D eigenvalue weighted by Crippen LogP contribution is 2.39. The molecular formula is C10H15F3O2. The summed E-state index contributed by atoms with van der Waals surface area (Å²) in [5, 5.41) is 0. The Kier molecular flexibility index (Phi) is 3.99. The Morgan fingerprint density at radius 1 is 1.27 bits per heavy atom. The quantitative estimate of drug-likeness (QED) is 0.674. The molecule has 5 heteroatoms. The zero-order valence-corrected chi connectivity index (χ0v) is 8.64. The van der Waals surface area contributed by atoms with E-state index in [-0.39, 0.29) is 31.3 Å². The van der Waals surface area contributed by atoms with Crippen LogP contribution in [0, 0.1) is 11.8 Å². The second-order valence-corrected chi connectivity index (χ2v) is 3.84. The minimum atomic E-state index is -4.11. The first kappa shape index (κ1) is 12.3. The van der Waals surface area contributed by atoms with Crippen LogP contribution in [0.3, 0.4) is 0 Å². The minimum absolute atomic E-state index is 0.0486. The number of carbonyl (C=O) groups excluding carboxylic acids is 1. The van der Waals surface area contributed by atoms with Gasteiger partial charge in [0.1, 0.15) is 0 Å². The van der Waals surface area contributed by atoms with E-state index >= 15 is 0 Å². The van der Waals surface area contributed by atoms with Crippen molar-refractivity contribution in [3.63, 3.8) is 0 Å². The van der Waals surface area contributed by atoms with E-state index < -0.39 is 12.1 Å². The molecule has 2 nitrogen and oxygen atoms in total. The summed E-state index contributed by atoms with van der Waals surface area (Å²) in [7, 11) is 0. The largest absolute Gasteiger partial charge is 0.466 e. The van der Waals surface area contributed by atoms with Gasteiger partial charge < -0.3 is 4.74 Å². The first-order chi connectivity index (χ1) is 6.95. The van der Waals surface area contributed by atoms with Crippen molar-refractivity contribution in [3.8, 4) is 0 Å². The number of alkyl halides is 3. The van der Waals surface area contributed by atoms with Crippen LogP contribution in [-0.4, -0.2) is 18.8 Å². The summed E-state index contributed by atoms with van der Waals surface area (Å²) in [6, 6.07) is 0. The maximum atomic E-state index is 12.3. The van der Waals surface area contributed by atoms with Gasteiger partial charge in [-0.2, -0.15) is 13.2 Å². The number of halogens is 3. The van der Waals surface area contributed by atoms with Crippen molar-refractivity contribution in [3.05, 3.63) is 0 Å². The van der Waals surface area contributed by atoms with Gasteiger partial charge >= 0.3 is 12.1 Å². The number of carbonyl (C=O) groups is 1. The van der Waals surface area contributed by atoms with Gasteiger partial charge in [-0.15, -0.1) is 0 Å². The molecule has 0 aromatic heterocycles. The average molecular weight is 224 g/mol. The average Bonchev–Trinajstić information content (AvgIpc) is 2.17. The molecule has 0 saturated heterocycles. The maximum absolute atomic E-state index is 12.3. The molecule has 0 aromatic rings. The third-order valence-corrected chi connectivity index (χ3v) is 2.81. The van der Waals surface area contributed by atoms with Gasteiger partial charge in [-0.1, -0.05) is 0 Å². The first-order valence-electron chi connectivity index (χ1n) is 5.18. The van der Waals surface area contributed by atoms with Crippen LogP contribution in [0.5, 0.6) is 0 Å². The van der Waals surface area contributed by atoms with Crippen molar-refractivity contribution < 1.29 is 22.7 Å². The lowest BCUT2D eigenvalue weighted by Crippen LogP contribution is -2.31. The van der Waals surface area contributed by atoms with Crippen molar-refractivity contribution >= 4 is 5.97 Å². The van der Waals surface area contributed by atoms with E-state index in [1.807, 2.05) is 0 Å². The summed E-state index contributed by atoms with van der Waals surface area (Å²) in [5.74, 6) is -1.91. The van der Waals surface area contributed by atoms with Crippen LogP contribution in [-0.2, 0) is 9.53 Å². The smallest absolute Gasteiger partial charge is 0.391 e. The summed E-state index contributed by atoms with van der Waals surface area (Å²) >= 11 is 0. The lowest BCUT2D eigenvalue weighted by atomic mass is 9.82. The monoisotopic (exact) mass is 224 g/mol. The van der Waals surface area contributed by atoms with E-state index in [4.69, 9.17) is 4.74 Å². The van der Waals surface area contributed by atoms with E-state index in [1.165, 1.54) is 0 Å². The Balaban J connectivity index is 2.39. The van der Waals surface area contributed by atoms with E-state index in [0.29, 0.717) is 12.8 Å². The lowest BCUT2D eigenvalue weighted by Gasteiger charge is -2.28. The maximum Gasteiger partial charge on any atom is 0.391 e. The van der Waals surface area contributed by atoms with Gasteiger partial charge in [0.2, 0.25) is 0 Å². The Morgan fingerprint density at radius 3 is 2.20 bits per heavy atom. The second kappa shape index (κ2) is 4.86. The van der Waals surface area contributed by atoms with Crippen molar-refractivity contribution in [2.24, 2.45) is 11.8 Å². The summed E-state index contributed by atoms with van der Waals surface area (Å²) in [6.07, 6.45) is -3.42. The van der Waals surface area contributed by atoms with Crippen LogP contribution in [0.4, 0.5) is 13.2 Å². The molecule has 1 aliphatic carbocycles. The van der Waals surface area contributed by atoms with Gasteiger partial charge in [0, 0.05) is 0 Å². The number of rotatable bonds is 2. The predicted molar refractivity (Wildman–Crippen MR) is 48.1 cm³/mol. The Bertz CT molecular complexity index is 217. The summed E-state index contributed by atoms with van der Waals surface area (Å²) in [6.45, 7) is 1.98. The van der Waals surface area contributed by atoms with E-state index in [0.717, 1.165) is 0 Å². The minimum Gasteiger partial charge on any atom is -0.466 e. The molecule has 0 aromatic carbocycles. The SMILES string of the molecule is CCOC(=O)C1CCC(C(F)(F)F)CC1. The molecule has 1 saturated carbocycles. The number of esters is 1. The van der Waals surface area contributed by atoms with Gasteiger partial charge in [0.05, 0.1) is 18.4 Å². The molecular weight excluding hydrogens is 209 g/mol. The van der Waals surface area contributed by atoms with Crippen LogP contribution in [0.15, 0.2) is 0 Å². The van der Waals surface area contributed by atoms with E-state index in [9.17, 15) is 18.0 Å². The third-order valence-electron chi connectivity index (χ3n) is 2.81. The van der Waals surface area contributed by atoms with Crippen molar-refractivity contribution in [2.45, 2.75) is 38.8 Å². The summed E-state index contributed by atoms with van der Waals surface area (Å²) in [5.41, 5.74) is 0. The number of hydrogen-bond donors (Lipinski definition) is 0. The van der Waals surface area contributed by atoms with Crippen molar-refractivity contribution in [1.29, 1.82) is 0 Å². The van der Waals surface area contributed by atoms with Crippen LogP contribution in [0.25, 0.3) is 0 Å². The Labute approximate surface area is 86.8 Å². The molecule has 0 atom stereocenters. The number of hydrogen-bond acceptors (Lipinski definition) is 2. The standard InChI is InChI=1S/C10H15F3O2/c1-2-15-9(14)7-3-5-8(6-4-7)10(11,12)13/h7-8H,2-6H2,1H3. The summed E-state index contributed by atoms with van der Waals surface area (Å²) in [4.78, 5) is 11.3. The fourth-order valence-electron chi connectivity index (χ4n) is 1.92. The summed E-state index contributed by atoms with van der Waals surface area (Å²) < 4.78 is 41.7. The molecule has 88 valence electrons. The molecule has 0 aliphatic heterocycles. The Morgan fingerprint density at radius 2 is 1.80 bits per heavy atom. The molecule has 0 N–H and O–H groups in total. The van der Waals surface area contributed by atoms with Crippen molar-refractivity contribution in [1.82, 2.24) is 0 Å². The molecule has 1 rings (SSSR count). The molecule has 0 unspecified atom stereocenters. The van der Waals surface area contributed by atoms with Crippen LogP contribution in [0.2, 0.25) is 0 Å². The Hall–Kier alpha value is -0.740. The normalized spacial score (nSPS) is 27.5. The van der Waals surface area contributed by atoms with Gasteiger partial charge in [0.25, 0.3) is 0 Å². The van der Waals surface area contributed by atoms with Gasteiger partial charge in [-0.05, 0) is 32.6 Å². The zero-order chi connectivity index (χ0) is 11.5. The van der Waals surface area contributed by atoms with E-state index in [2.05, 4.69) is 0 Å². The first-order valence-corrected chi connectivity index (χ1v) is 5.18. The molecule has 1 aliphatic rings. The zero-order valence-electron chi connectivity index (χ0n) is 8.64. The highest BCUT2D eigenvalue weighted by molar-refractivity contribution is 5.72. The highest BCUT2D eigenvalue weighted by Gasteiger charge is 2.42. The van der Waals surface area contributed by atoms with Crippen LogP contribution >= 0.6 is 0 Å². The fourth-order valence-corrected chi connectivity index (χ4v) is 1.92. The lowest BCUT2D eigenvalue weighted by molar-refractivity contribution is -0.186. The molecule has 15 heavy (non-hydrogen) atoms.